The minimum absolute atomic E-state index is 0.0718. The minimum Gasteiger partial charge on any atom is -0.351 e. The van der Waals surface area contributed by atoms with Crippen molar-refractivity contribution in [1.29, 1.82) is 0 Å². The summed E-state index contributed by atoms with van der Waals surface area (Å²) in [5, 5.41) is 14.7. The van der Waals surface area contributed by atoms with Crippen molar-refractivity contribution in [2.24, 2.45) is 0 Å². The van der Waals surface area contributed by atoms with Gasteiger partial charge in [0.15, 0.2) is 5.16 Å². The average Bonchev–Trinajstić information content (AvgIpc) is 3.06. The number of aromatic nitrogens is 3. The Morgan fingerprint density at radius 3 is 2.62 bits per heavy atom. The lowest BCUT2D eigenvalue weighted by Crippen LogP contribution is -2.25. The first kappa shape index (κ1) is 20.6. The molecule has 1 aromatic heterocycles. The molecule has 0 unspecified atom stereocenters. The van der Waals surface area contributed by atoms with E-state index in [2.05, 4.69) is 20.8 Å². The Kier molecular flexibility index (Phi) is 6.66. The fourth-order valence-corrected chi connectivity index (χ4v) is 3.67. The number of rotatable bonds is 7. The number of nitrogens with zero attached hydrogens (tertiary/aromatic N) is 3. The van der Waals surface area contributed by atoms with E-state index in [1.54, 1.807) is 0 Å². The van der Waals surface area contributed by atoms with Gasteiger partial charge in [-0.05, 0) is 43.2 Å². The number of thioether (sulfide) groups is 1. The second kappa shape index (κ2) is 9.38. The van der Waals surface area contributed by atoms with Crippen molar-refractivity contribution in [3.63, 3.8) is 0 Å². The Morgan fingerprint density at radius 2 is 1.86 bits per heavy atom. The Balaban J connectivity index is 1.66. The SMILES string of the molecule is CC(=O)Nc1cccc(-n2c(C)nnc2SCC(=O)NCc2ccccc2C)c1. The van der Waals surface area contributed by atoms with E-state index in [1.807, 2.05) is 66.9 Å². The molecule has 2 aromatic carbocycles. The van der Waals surface area contributed by atoms with Gasteiger partial charge in [0.1, 0.15) is 5.82 Å². The van der Waals surface area contributed by atoms with Gasteiger partial charge in [0.05, 0.1) is 11.4 Å². The van der Waals surface area contributed by atoms with Gasteiger partial charge in [0, 0.05) is 19.2 Å². The van der Waals surface area contributed by atoms with Crippen LogP contribution < -0.4 is 10.6 Å². The van der Waals surface area contributed by atoms with Gasteiger partial charge in [0.25, 0.3) is 0 Å². The topological polar surface area (TPSA) is 88.9 Å². The van der Waals surface area contributed by atoms with E-state index in [0.717, 1.165) is 16.8 Å². The molecule has 8 heteroatoms. The number of hydrogen-bond acceptors (Lipinski definition) is 5. The molecule has 0 fully saturated rings. The van der Waals surface area contributed by atoms with Crippen LogP contribution in [0.5, 0.6) is 0 Å². The first-order valence-electron chi connectivity index (χ1n) is 9.18. The Bertz CT molecular complexity index is 1030. The molecule has 0 spiro atoms. The van der Waals surface area contributed by atoms with E-state index in [-0.39, 0.29) is 17.6 Å². The highest BCUT2D eigenvalue weighted by atomic mass is 32.2. The summed E-state index contributed by atoms with van der Waals surface area (Å²) in [5.74, 6) is 0.725. The van der Waals surface area contributed by atoms with Crippen molar-refractivity contribution in [3.8, 4) is 5.69 Å². The van der Waals surface area contributed by atoms with Crippen LogP contribution in [-0.2, 0) is 16.1 Å². The lowest BCUT2D eigenvalue weighted by molar-refractivity contribution is -0.118. The maximum Gasteiger partial charge on any atom is 0.230 e. The van der Waals surface area contributed by atoms with Gasteiger partial charge in [-0.25, -0.2) is 0 Å². The molecule has 29 heavy (non-hydrogen) atoms. The van der Waals surface area contributed by atoms with Gasteiger partial charge in [-0.3, -0.25) is 14.2 Å². The van der Waals surface area contributed by atoms with E-state index in [9.17, 15) is 9.59 Å². The van der Waals surface area contributed by atoms with Crippen LogP contribution in [0.2, 0.25) is 0 Å². The number of aryl methyl sites for hydroxylation is 2. The lowest BCUT2D eigenvalue weighted by atomic mass is 10.1. The van der Waals surface area contributed by atoms with Gasteiger partial charge >= 0.3 is 0 Å². The third-order valence-electron chi connectivity index (χ3n) is 4.29. The normalized spacial score (nSPS) is 10.6. The van der Waals surface area contributed by atoms with Crippen LogP contribution in [0.15, 0.2) is 53.7 Å². The molecule has 1 heterocycles. The van der Waals surface area contributed by atoms with Crippen molar-refractivity contribution < 1.29 is 9.59 Å². The predicted molar refractivity (Wildman–Crippen MR) is 114 cm³/mol. The van der Waals surface area contributed by atoms with Crippen LogP contribution in [0.3, 0.4) is 0 Å². The molecule has 0 aliphatic heterocycles. The Labute approximate surface area is 173 Å². The number of benzene rings is 2. The number of amides is 2. The fourth-order valence-electron chi connectivity index (χ4n) is 2.84. The van der Waals surface area contributed by atoms with E-state index >= 15 is 0 Å². The molecule has 0 radical (unpaired) electrons. The van der Waals surface area contributed by atoms with E-state index in [0.29, 0.717) is 23.2 Å². The van der Waals surface area contributed by atoms with E-state index in [1.165, 1.54) is 18.7 Å². The zero-order valence-electron chi connectivity index (χ0n) is 16.6. The van der Waals surface area contributed by atoms with Crippen molar-refractivity contribution in [2.75, 3.05) is 11.1 Å². The van der Waals surface area contributed by atoms with Crippen LogP contribution in [0.4, 0.5) is 5.69 Å². The largest absolute Gasteiger partial charge is 0.351 e. The number of nitrogens with one attached hydrogen (secondary N) is 2. The molecule has 0 atom stereocenters. The molecular weight excluding hydrogens is 386 g/mol. The zero-order chi connectivity index (χ0) is 20.8. The first-order valence-corrected chi connectivity index (χ1v) is 10.2. The number of carbonyl (C=O) groups is 2. The summed E-state index contributed by atoms with van der Waals surface area (Å²) in [6, 6.07) is 15.4. The van der Waals surface area contributed by atoms with Crippen LogP contribution in [-0.4, -0.2) is 32.3 Å². The maximum atomic E-state index is 12.3. The molecule has 3 aromatic rings. The van der Waals surface area contributed by atoms with Gasteiger partial charge < -0.3 is 10.6 Å². The molecule has 0 aliphatic carbocycles. The fraction of sp³-hybridized carbons (Fsp3) is 0.238. The summed E-state index contributed by atoms with van der Waals surface area (Å²) in [4.78, 5) is 23.6. The molecule has 0 bridgehead atoms. The van der Waals surface area contributed by atoms with Gasteiger partial charge in [-0.1, -0.05) is 42.1 Å². The first-order chi connectivity index (χ1) is 13.9. The van der Waals surface area contributed by atoms with Crippen LogP contribution >= 0.6 is 11.8 Å². The summed E-state index contributed by atoms with van der Waals surface area (Å²) in [6.45, 7) is 5.83. The lowest BCUT2D eigenvalue weighted by Gasteiger charge is -2.11. The zero-order valence-corrected chi connectivity index (χ0v) is 17.4. The second-order valence-corrected chi connectivity index (χ2v) is 7.53. The standard InChI is InChI=1S/C21H23N5O2S/c1-14-7-4-5-8-17(14)12-22-20(28)13-29-21-25-24-15(2)26(21)19-10-6-9-18(11-19)23-16(3)27/h4-11H,12-13H2,1-3H3,(H,22,28)(H,23,27). The van der Waals surface area contributed by atoms with Crippen LogP contribution in [0.1, 0.15) is 23.9 Å². The molecule has 3 rings (SSSR count). The summed E-state index contributed by atoms with van der Waals surface area (Å²) in [5.41, 5.74) is 3.76. The minimum atomic E-state index is -0.137. The third kappa shape index (κ3) is 5.45. The Hall–Kier alpha value is -3.13. The molecule has 0 saturated heterocycles. The van der Waals surface area contributed by atoms with E-state index < -0.39 is 0 Å². The molecule has 0 saturated carbocycles. The third-order valence-corrected chi connectivity index (χ3v) is 5.22. The van der Waals surface area contributed by atoms with Gasteiger partial charge in [0.2, 0.25) is 11.8 Å². The van der Waals surface area contributed by atoms with Crippen LogP contribution in [0, 0.1) is 13.8 Å². The van der Waals surface area contributed by atoms with Crippen LogP contribution in [0.25, 0.3) is 5.69 Å². The van der Waals surface area contributed by atoms with Crippen molar-refractivity contribution >= 4 is 29.3 Å². The molecule has 2 N–H and O–H groups in total. The molecular formula is C21H23N5O2S. The monoisotopic (exact) mass is 409 g/mol. The van der Waals surface area contributed by atoms with Crippen molar-refractivity contribution in [1.82, 2.24) is 20.1 Å². The smallest absolute Gasteiger partial charge is 0.230 e. The quantitative estimate of drug-likeness (QED) is 0.585. The van der Waals surface area contributed by atoms with Crippen molar-refractivity contribution in [2.45, 2.75) is 32.5 Å². The molecule has 2 amide bonds. The second-order valence-electron chi connectivity index (χ2n) is 6.59. The predicted octanol–water partition coefficient (Wildman–Crippen LogP) is 3.25. The number of hydrogen-bond donors (Lipinski definition) is 2. The van der Waals surface area contributed by atoms with Crippen molar-refractivity contribution in [3.05, 3.63) is 65.5 Å². The highest BCUT2D eigenvalue weighted by molar-refractivity contribution is 7.99. The summed E-state index contributed by atoms with van der Waals surface area (Å²) >= 11 is 1.32. The highest BCUT2D eigenvalue weighted by Crippen LogP contribution is 2.23. The van der Waals surface area contributed by atoms with E-state index in [4.69, 9.17) is 0 Å². The average molecular weight is 410 g/mol. The Morgan fingerprint density at radius 1 is 1.07 bits per heavy atom. The number of anilines is 1. The maximum absolute atomic E-state index is 12.3. The van der Waals surface area contributed by atoms with Gasteiger partial charge in [-0.2, -0.15) is 0 Å². The summed E-state index contributed by atoms with van der Waals surface area (Å²) in [7, 11) is 0. The molecule has 0 aliphatic rings. The molecule has 150 valence electrons. The molecule has 7 nitrogen and oxygen atoms in total. The summed E-state index contributed by atoms with van der Waals surface area (Å²) < 4.78 is 1.87. The number of carbonyl (C=O) groups excluding carboxylic acids is 2. The highest BCUT2D eigenvalue weighted by Gasteiger charge is 2.14. The van der Waals surface area contributed by atoms with Gasteiger partial charge in [-0.15, -0.1) is 10.2 Å². The summed E-state index contributed by atoms with van der Waals surface area (Å²) in [6.07, 6.45) is 0.